The van der Waals surface area contributed by atoms with Gasteiger partial charge >= 0.3 is 6.03 Å². The molecule has 1 heterocycles. The highest BCUT2D eigenvalue weighted by Crippen LogP contribution is 2.22. The van der Waals surface area contributed by atoms with E-state index >= 15 is 0 Å². The molecule has 2 rings (SSSR count). The zero-order valence-electron chi connectivity index (χ0n) is 11.0. The first-order chi connectivity index (χ1) is 9.06. The smallest absolute Gasteiger partial charge is 0.327 e. The van der Waals surface area contributed by atoms with Gasteiger partial charge < -0.3 is 15.4 Å². The van der Waals surface area contributed by atoms with E-state index in [2.05, 4.69) is 0 Å². The summed E-state index contributed by atoms with van der Waals surface area (Å²) < 4.78 is 5.24. The van der Waals surface area contributed by atoms with E-state index < -0.39 is 0 Å². The van der Waals surface area contributed by atoms with Crippen molar-refractivity contribution in [3.8, 4) is 5.75 Å². The van der Waals surface area contributed by atoms with Gasteiger partial charge in [-0.2, -0.15) is 0 Å². The number of amides is 3. The third-order valence-corrected chi connectivity index (χ3v) is 3.14. The molecule has 1 saturated heterocycles. The predicted octanol–water partition coefficient (Wildman–Crippen LogP) is 0.548. The summed E-state index contributed by atoms with van der Waals surface area (Å²) in [6.07, 6.45) is 0. The highest BCUT2D eigenvalue weighted by molar-refractivity contribution is 6.01. The molecule has 19 heavy (non-hydrogen) atoms. The number of rotatable bonds is 4. The molecule has 0 aliphatic carbocycles. The summed E-state index contributed by atoms with van der Waals surface area (Å²) >= 11 is 0. The highest BCUT2D eigenvalue weighted by atomic mass is 16.5. The van der Waals surface area contributed by atoms with Crippen LogP contribution in [0.1, 0.15) is 11.1 Å². The number of nitrogens with zero attached hydrogens (tertiary/aromatic N) is 2. The third-order valence-electron chi connectivity index (χ3n) is 3.14. The van der Waals surface area contributed by atoms with Crippen molar-refractivity contribution in [2.24, 2.45) is 5.73 Å². The van der Waals surface area contributed by atoms with Gasteiger partial charge in [-0.05, 0) is 11.6 Å². The van der Waals surface area contributed by atoms with Crippen LogP contribution in [0, 0.1) is 0 Å². The Hall–Kier alpha value is -2.08. The monoisotopic (exact) mass is 263 g/mol. The van der Waals surface area contributed by atoms with Gasteiger partial charge in [0.15, 0.2) is 0 Å². The molecule has 1 fully saturated rings. The molecule has 6 heteroatoms. The van der Waals surface area contributed by atoms with Crippen LogP contribution in [0.2, 0.25) is 0 Å². The molecular formula is C13H17N3O3. The van der Waals surface area contributed by atoms with Gasteiger partial charge in [-0.25, -0.2) is 4.79 Å². The number of likely N-dealkylation sites (N-methyl/N-ethyl adjacent to an activating group) is 1. The molecule has 3 amide bonds. The number of nitrogens with two attached hydrogens (primary N) is 1. The summed E-state index contributed by atoms with van der Waals surface area (Å²) in [6, 6.07) is 5.24. The second-order valence-electron chi connectivity index (χ2n) is 4.47. The fraction of sp³-hybridized carbons (Fsp3) is 0.385. The molecule has 0 saturated carbocycles. The summed E-state index contributed by atoms with van der Waals surface area (Å²) in [5, 5.41) is 0. The van der Waals surface area contributed by atoms with Crippen LogP contribution in [-0.2, 0) is 17.9 Å². The number of hydrogen-bond acceptors (Lipinski definition) is 4. The lowest BCUT2D eigenvalue weighted by Crippen LogP contribution is -2.31. The molecule has 1 aliphatic heterocycles. The first-order valence-electron chi connectivity index (χ1n) is 5.98. The lowest BCUT2D eigenvalue weighted by atomic mass is 10.1. The van der Waals surface area contributed by atoms with Crippen molar-refractivity contribution in [1.82, 2.24) is 9.80 Å². The topological polar surface area (TPSA) is 75.9 Å². The minimum absolute atomic E-state index is 0.136. The SMILES string of the molecule is COc1cc(CN2C(=O)CN(C)C2=O)ccc1CN. The molecule has 0 atom stereocenters. The summed E-state index contributed by atoms with van der Waals surface area (Å²) in [6.45, 7) is 0.772. The zero-order chi connectivity index (χ0) is 14.0. The first-order valence-corrected chi connectivity index (χ1v) is 5.98. The average molecular weight is 263 g/mol. The molecule has 0 unspecified atom stereocenters. The van der Waals surface area contributed by atoms with Crippen molar-refractivity contribution in [2.45, 2.75) is 13.1 Å². The fourth-order valence-electron chi connectivity index (χ4n) is 2.06. The van der Waals surface area contributed by atoms with E-state index in [4.69, 9.17) is 10.5 Å². The van der Waals surface area contributed by atoms with Crippen LogP contribution in [0.25, 0.3) is 0 Å². The van der Waals surface area contributed by atoms with Crippen molar-refractivity contribution >= 4 is 11.9 Å². The Morgan fingerprint density at radius 1 is 1.37 bits per heavy atom. The number of hydrogen-bond donors (Lipinski definition) is 1. The largest absolute Gasteiger partial charge is 0.496 e. The Labute approximate surface area is 111 Å². The standard InChI is InChI=1S/C13H17N3O3/c1-15-8-12(17)16(13(15)18)7-9-3-4-10(6-14)11(5-9)19-2/h3-5H,6-8,14H2,1-2H3. The van der Waals surface area contributed by atoms with E-state index in [0.717, 1.165) is 11.1 Å². The molecule has 6 nitrogen and oxygen atoms in total. The summed E-state index contributed by atoms with van der Waals surface area (Å²) in [4.78, 5) is 26.1. The van der Waals surface area contributed by atoms with Crippen LogP contribution in [-0.4, -0.2) is 42.4 Å². The second-order valence-corrected chi connectivity index (χ2v) is 4.47. The van der Waals surface area contributed by atoms with Gasteiger partial charge in [-0.3, -0.25) is 9.69 Å². The Bertz CT molecular complexity index is 516. The van der Waals surface area contributed by atoms with Gasteiger partial charge in [0.25, 0.3) is 5.91 Å². The van der Waals surface area contributed by atoms with Crippen molar-refractivity contribution < 1.29 is 14.3 Å². The number of imide groups is 1. The van der Waals surface area contributed by atoms with E-state index in [9.17, 15) is 9.59 Å². The molecule has 2 N–H and O–H groups in total. The van der Waals surface area contributed by atoms with Gasteiger partial charge in [0.05, 0.1) is 13.7 Å². The number of carbonyl (C=O) groups excluding carboxylic acids is 2. The molecule has 1 aromatic rings. The maximum atomic E-state index is 11.8. The van der Waals surface area contributed by atoms with Crippen LogP contribution >= 0.6 is 0 Å². The van der Waals surface area contributed by atoms with E-state index in [-0.39, 0.29) is 25.0 Å². The van der Waals surface area contributed by atoms with Crippen LogP contribution < -0.4 is 10.5 Å². The Morgan fingerprint density at radius 2 is 2.11 bits per heavy atom. The van der Waals surface area contributed by atoms with Gasteiger partial charge in [0.1, 0.15) is 12.3 Å². The van der Waals surface area contributed by atoms with Crippen molar-refractivity contribution in [1.29, 1.82) is 0 Å². The zero-order valence-corrected chi connectivity index (χ0v) is 11.0. The minimum atomic E-state index is -0.271. The van der Waals surface area contributed by atoms with Crippen LogP contribution in [0.4, 0.5) is 4.79 Å². The first kappa shape index (κ1) is 13.4. The van der Waals surface area contributed by atoms with Gasteiger partial charge in [-0.15, -0.1) is 0 Å². The second kappa shape index (κ2) is 5.27. The molecule has 1 aliphatic rings. The van der Waals surface area contributed by atoms with Gasteiger partial charge in [0.2, 0.25) is 0 Å². The lowest BCUT2D eigenvalue weighted by Gasteiger charge is -2.15. The molecular weight excluding hydrogens is 246 g/mol. The van der Waals surface area contributed by atoms with Crippen LogP contribution in [0.15, 0.2) is 18.2 Å². The highest BCUT2D eigenvalue weighted by Gasteiger charge is 2.33. The van der Waals surface area contributed by atoms with E-state index in [1.165, 1.54) is 9.80 Å². The number of ether oxygens (including phenoxy) is 1. The molecule has 0 bridgehead atoms. The Morgan fingerprint density at radius 3 is 2.63 bits per heavy atom. The van der Waals surface area contributed by atoms with Crippen molar-refractivity contribution in [3.63, 3.8) is 0 Å². The minimum Gasteiger partial charge on any atom is -0.496 e. The van der Waals surface area contributed by atoms with Crippen LogP contribution in [0.5, 0.6) is 5.75 Å². The predicted molar refractivity (Wildman–Crippen MR) is 69.5 cm³/mol. The quantitative estimate of drug-likeness (QED) is 0.805. The summed E-state index contributed by atoms with van der Waals surface area (Å²) in [5.41, 5.74) is 7.33. The third kappa shape index (κ3) is 2.53. The van der Waals surface area contributed by atoms with Gasteiger partial charge in [-0.1, -0.05) is 12.1 Å². The Kier molecular flexibility index (Phi) is 3.71. The number of urea groups is 1. The molecule has 1 aromatic carbocycles. The number of carbonyl (C=O) groups is 2. The van der Waals surface area contributed by atoms with E-state index in [1.54, 1.807) is 20.2 Å². The maximum Gasteiger partial charge on any atom is 0.327 e. The summed E-state index contributed by atoms with van der Waals surface area (Å²) in [5.74, 6) is 0.488. The van der Waals surface area contributed by atoms with Crippen molar-refractivity contribution in [3.05, 3.63) is 29.3 Å². The fourth-order valence-corrected chi connectivity index (χ4v) is 2.06. The normalized spacial score (nSPS) is 15.3. The number of methoxy groups -OCH3 is 1. The number of benzene rings is 1. The molecule has 0 radical (unpaired) electrons. The van der Waals surface area contributed by atoms with E-state index in [1.807, 2.05) is 12.1 Å². The maximum absolute atomic E-state index is 11.8. The molecule has 0 aromatic heterocycles. The lowest BCUT2D eigenvalue weighted by molar-refractivity contribution is -0.125. The van der Waals surface area contributed by atoms with Gasteiger partial charge in [0, 0.05) is 19.2 Å². The van der Waals surface area contributed by atoms with Crippen LogP contribution in [0.3, 0.4) is 0 Å². The van der Waals surface area contributed by atoms with E-state index in [0.29, 0.717) is 12.3 Å². The molecule has 0 spiro atoms. The van der Waals surface area contributed by atoms with Crippen molar-refractivity contribution in [2.75, 3.05) is 20.7 Å². The average Bonchev–Trinajstić information content (AvgIpc) is 2.65. The Balaban J connectivity index is 2.20. The molecule has 102 valence electrons. The summed E-state index contributed by atoms with van der Waals surface area (Å²) in [7, 11) is 3.18.